The van der Waals surface area contributed by atoms with Crippen LogP contribution in [0, 0.1) is 6.92 Å². The highest BCUT2D eigenvalue weighted by atomic mass is 16.5. The zero-order valence-electron chi connectivity index (χ0n) is 25.8. The number of nitrogens with one attached hydrogen (secondary N) is 1. The summed E-state index contributed by atoms with van der Waals surface area (Å²) in [5.74, 6) is 1.66. The zero-order chi connectivity index (χ0) is 30.6. The Labute approximate surface area is 253 Å². The molecule has 1 amide bonds. The largest absolute Gasteiger partial charge is 0.478 e. The summed E-state index contributed by atoms with van der Waals surface area (Å²) in [6, 6.07) is 7.88. The highest BCUT2D eigenvalue weighted by Gasteiger charge is 2.25. The summed E-state index contributed by atoms with van der Waals surface area (Å²) in [4.78, 5) is 22.2. The van der Waals surface area contributed by atoms with Gasteiger partial charge in [-0.05, 0) is 71.7 Å². The van der Waals surface area contributed by atoms with Gasteiger partial charge in [0.15, 0.2) is 5.65 Å². The third kappa shape index (κ3) is 8.48. The Morgan fingerprint density at radius 3 is 2.72 bits per heavy atom. The highest BCUT2D eigenvalue weighted by molar-refractivity contribution is 5.73. The SMILES string of the molecule is C\C=C(C)/C=C\C(=C/C)n1nc(C2CCCN(Cc3ccc(OCC)nc3)C2)cc1NC=O.Cc1cnn2cccnc12. The first-order chi connectivity index (χ1) is 20.9. The fourth-order valence-corrected chi connectivity index (χ4v) is 4.94. The molecule has 1 atom stereocenters. The van der Waals surface area contributed by atoms with Gasteiger partial charge in [0.1, 0.15) is 5.82 Å². The van der Waals surface area contributed by atoms with Gasteiger partial charge in [0.25, 0.3) is 0 Å². The van der Waals surface area contributed by atoms with Crippen LogP contribution in [0.5, 0.6) is 5.88 Å². The van der Waals surface area contributed by atoms with Crippen molar-refractivity contribution >= 4 is 23.6 Å². The third-order valence-electron chi connectivity index (χ3n) is 7.32. The van der Waals surface area contributed by atoms with Crippen molar-refractivity contribution in [3.63, 3.8) is 0 Å². The normalized spacial score (nSPS) is 16.3. The second-order valence-electron chi connectivity index (χ2n) is 10.4. The molecule has 1 N–H and O–H groups in total. The van der Waals surface area contributed by atoms with E-state index in [0.29, 0.717) is 30.6 Å². The summed E-state index contributed by atoms with van der Waals surface area (Å²) in [7, 11) is 0. The molecular formula is C33H42N8O2. The quantitative estimate of drug-likeness (QED) is 0.179. The number of hydrogen-bond donors (Lipinski definition) is 1. The molecule has 10 nitrogen and oxygen atoms in total. The molecule has 0 aliphatic carbocycles. The van der Waals surface area contributed by atoms with Gasteiger partial charge in [-0.1, -0.05) is 29.9 Å². The van der Waals surface area contributed by atoms with E-state index in [1.807, 2.05) is 81.3 Å². The van der Waals surface area contributed by atoms with Crippen LogP contribution in [-0.2, 0) is 11.3 Å². The molecule has 0 aromatic carbocycles. The number of hydrogen-bond acceptors (Lipinski definition) is 7. The molecule has 0 spiro atoms. The maximum atomic E-state index is 11.2. The molecule has 5 heterocycles. The number of ether oxygens (including phenoxy) is 1. The minimum atomic E-state index is 0.308. The van der Waals surface area contributed by atoms with E-state index in [4.69, 9.17) is 9.84 Å². The number of piperidine rings is 1. The van der Waals surface area contributed by atoms with Crippen molar-refractivity contribution in [1.82, 2.24) is 34.3 Å². The minimum Gasteiger partial charge on any atom is -0.478 e. The van der Waals surface area contributed by atoms with Crippen LogP contribution in [0.4, 0.5) is 5.82 Å². The maximum Gasteiger partial charge on any atom is 0.213 e. The summed E-state index contributed by atoms with van der Waals surface area (Å²) >= 11 is 0. The van der Waals surface area contributed by atoms with E-state index in [2.05, 4.69) is 50.4 Å². The Kier molecular flexibility index (Phi) is 11.4. The fourth-order valence-electron chi connectivity index (χ4n) is 4.94. The van der Waals surface area contributed by atoms with E-state index in [1.165, 1.54) is 11.1 Å². The molecule has 43 heavy (non-hydrogen) atoms. The summed E-state index contributed by atoms with van der Waals surface area (Å²) in [6.45, 7) is 13.4. The van der Waals surface area contributed by atoms with Crippen LogP contribution < -0.4 is 10.1 Å². The molecule has 1 saturated heterocycles. The van der Waals surface area contributed by atoms with E-state index in [1.54, 1.807) is 10.7 Å². The van der Waals surface area contributed by atoms with Crippen molar-refractivity contribution < 1.29 is 9.53 Å². The second-order valence-corrected chi connectivity index (χ2v) is 10.4. The Bertz CT molecular complexity index is 1570. The number of aryl methyl sites for hydroxylation is 1. The monoisotopic (exact) mass is 582 g/mol. The van der Waals surface area contributed by atoms with Crippen molar-refractivity contribution in [2.24, 2.45) is 0 Å². The molecule has 226 valence electrons. The van der Waals surface area contributed by atoms with Gasteiger partial charge in [0, 0.05) is 55.3 Å². The maximum absolute atomic E-state index is 11.2. The van der Waals surface area contributed by atoms with Gasteiger partial charge in [0.05, 0.1) is 24.2 Å². The van der Waals surface area contributed by atoms with Crippen molar-refractivity contribution in [3.8, 4) is 5.88 Å². The molecule has 1 unspecified atom stereocenters. The molecular weight excluding hydrogens is 540 g/mol. The van der Waals surface area contributed by atoms with Crippen LogP contribution in [0.25, 0.3) is 11.3 Å². The van der Waals surface area contributed by atoms with E-state index < -0.39 is 0 Å². The summed E-state index contributed by atoms with van der Waals surface area (Å²) in [5, 5.41) is 11.8. The third-order valence-corrected chi connectivity index (χ3v) is 7.32. The van der Waals surface area contributed by atoms with Gasteiger partial charge in [-0.2, -0.15) is 10.2 Å². The number of carbonyl (C=O) groups excluding carboxylic acids is 1. The minimum absolute atomic E-state index is 0.308. The zero-order valence-corrected chi connectivity index (χ0v) is 25.8. The van der Waals surface area contributed by atoms with Crippen LogP contribution >= 0.6 is 0 Å². The van der Waals surface area contributed by atoms with E-state index in [9.17, 15) is 4.79 Å². The van der Waals surface area contributed by atoms with Crippen LogP contribution in [0.2, 0.25) is 0 Å². The first-order valence-electron chi connectivity index (χ1n) is 14.8. The van der Waals surface area contributed by atoms with Gasteiger partial charge in [-0.25, -0.2) is 19.2 Å². The van der Waals surface area contributed by atoms with Gasteiger partial charge < -0.3 is 10.1 Å². The predicted octanol–water partition coefficient (Wildman–Crippen LogP) is 6.05. The van der Waals surface area contributed by atoms with Crippen molar-refractivity contribution in [3.05, 3.63) is 95.8 Å². The van der Waals surface area contributed by atoms with Crippen molar-refractivity contribution in [2.75, 3.05) is 25.0 Å². The molecule has 1 aliphatic rings. The highest BCUT2D eigenvalue weighted by Crippen LogP contribution is 2.30. The number of aromatic nitrogens is 6. The Morgan fingerprint density at radius 1 is 1.16 bits per heavy atom. The average molecular weight is 583 g/mol. The molecule has 5 rings (SSSR count). The standard InChI is InChI=1S/C26H35N5O2.C7H7N3/c1-5-20(4)10-12-23(6-2)31-25(28-19-32)15-24(29-31)22-9-8-14-30(18-22)17-21-11-13-26(27-16-21)33-7-3;1-6-5-9-10-4-2-3-8-7(6)10/h5-6,10-13,15-16,19,22H,7-9,14,17-18H2,1-4H3,(H,28,32);2-5H,1H3/b12-10-,20-5-,23-6+;. The number of nitrogens with zero attached hydrogens (tertiary/aromatic N) is 7. The number of amides is 1. The lowest BCUT2D eigenvalue weighted by Crippen LogP contribution is -2.34. The molecule has 1 aliphatic heterocycles. The molecule has 10 heteroatoms. The van der Waals surface area contributed by atoms with Crippen molar-refractivity contribution in [2.45, 2.75) is 59.9 Å². The topological polar surface area (TPSA) is 102 Å². The summed E-state index contributed by atoms with van der Waals surface area (Å²) in [5.41, 5.74) is 6.30. The number of likely N-dealkylation sites (tertiary alicyclic amines) is 1. The summed E-state index contributed by atoms with van der Waals surface area (Å²) in [6.07, 6.45) is 18.4. The number of rotatable bonds is 10. The number of anilines is 1. The van der Waals surface area contributed by atoms with Gasteiger partial charge >= 0.3 is 0 Å². The lowest BCUT2D eigenvalue weighted by Gasteiger charge is -2.31. The molecule has 4 aromatic rings. The molecule has 0 bridgehead atoms. The Hall–Kier alpha value is -4.57. The molecule has 4 aromatic heterocycles. The predicted molar refractivity (Wildman–Crippen MR) is 171 cm³/mol. The Morgan fingerprint density at radius 2 is 2.02 bits per heavy atom. The lowest BCUT2D eigenvalue weighted by molar-refractivity contribution is -0.105. The van der Waals surface area contributed by atoms with Crippen LogP contribution in [0.1, 0.15) is 63.3 Å². The lowest BCUT2D eigenvalue weighted by atomic mass is 9.94. The molecule has 0 saturated carbocycles. The number of carbonyl (C=O) groups is 1. The van der Waals surface area contributed by atoms with Gasteiger partial charge in [-0.3, -0.25) is 9.69 Å². The molecule has 0 radical (unpaired) electrons. The number of allylic oxidation sites excluding steroid dienone is 6. The van der Waals surface area contributed by atoms with Gasteiger partial charge in [-0.15, -0.1) is 0 Å². The number of fused-ring (bicyclic) bond motifs is 1. The van der Waals surface area contributed by atoms with E-state index >= 15 is 0 Å². The van der Waals surface area contributed by atoms with Crippen LogP contribution in [0.3, 0.4) is 0 Å². The van der Waals surface area contributed by atoms with E-state index in [0.717, 1.165) is 55.1 Å². The summed E-state index contributed by atoms with van der Waals surface area (Å²) < 4.78 is 9.02. The van der Waals surface area contributed by atoms with Crippen molar-refractivity contribution in [1.29, 1.82) is 0 Å². The van der Waals surface area contributed by atoms with Crippen LogP contribution in [0.15, 0.2) is 78.9 Å². The fraction of sp³-hybridized carbons (Fsp3) is 0.364. The molecule has 1 fully saturated rings. The smallest absolute Gasteiger partial charge is 0.213 e. The average Bonchev–Trinajstić information content (AvgIpc) is 3.63. The van der Waals surface area contributed by atoms with Crippen LogP contribution in [-0.4, -0.2) is 60.4 Å². The Balaban J connectivity index is 0.000000353. The second kappa shape index (κ2) is 15.6. The first kappa shape index (κ1) is 31.4. The number of pyridine rings is 1. The first-order valence-corrected chi connectivity index (χ1v) is 14.8. The van der Waals surface area contributed by atoms with Gasteiger partial charge in [0.2, 0.25) is 12.3 Å². The van der Waals surface area contributed by atoms with E-state index in [-0.39, 0.29) is 0 Å².